The van der Waals surface area contributed by atoms with E-state index in [2.05, 4.69) is 0 Å². The number of benzene rings is 1. The number of rotatable bonds is 3. The van der Waals surface area contributed by atoms with E-state index >= 15 is 0 Å². The van der Waals surface area contributed by atoms with Crippen molar-refractivity contribution in [2.45, 2.75) is 29.8 Å². The van der Waals surface area contributed by atoms with E-state index in [1.165, 1.54) is 24.3 Å². The van der Waals surface area contributed by atoms with E-state index in [0.29, 0.717) is 0 Å². The van der Waals surface area contributed by atoms with Gasteiger partial charge in [0.15, 0.2) is 5.44 Å². The molecule has 0 aromatic heterocycles. The second kappa shape index (κ2) is 5.77. The molecule has 1 aliphatic carbocycles. The average molecular weight is 298 g/mol. The predicted molar refractivity (Wildman–Crippen MR) is 59.0 cm³/mol. The van der Waals surface area contributed by atoms with Crippen LogP contribution in [0.25, 0.3) is 0 Å². The van der Waals surface area contributed by atoms with Gasteiger partial charge in [-0.2, -0.15) is 0 Å². The second-order valence-corrected chi connectivity index (χ2v) is 6.04. The number of halogens is 1. The summed E-state index contributed by atoms with van der Waals surface area (Å²) in [5, 5.41) is 19.1. The van der Waals surface area contributed by atoms with Crippen molar-refractivity contribution >= 4 is 10.1 Å². The van der Waals surface area contributed by atoms with Gasteiger partial charge in [0.2, 0.25) is 0 Å². The summed E-state index contributed by atoms with van der Waals surface area (Å²) in [7, 11) is -4.94. The first-order valence-corrected chi connectivity index (χ1v) is 6.80. The maximum Gasteiger partial charge on any atom is 1.00 e. The molecule has 1 saturated carbocycles. The fraction of sp³-hybridized carbons (Fsp3) is 0.455. The van der Waals surface area contributed by atoms with Gasteiger partial charge >= 0.3 is 29.6 Å². The van der Waals surface area contributed by atoms with Crippen LogP contribution in [0.2, 0.25) is 0 Å². The van der Waals surface area contributed by atoms with Gasteiger partial charge in [-0.3, -0.25) is 0 Å². The summed E-state index contributed by atoms with van der Waals surface area (Å²) in [6, 6.07) is 5.57. The minimum Gasteiger partial charge on any atom is -0.746 e. The van der Waals surface area contributed by atoms with Gasteiger partial charge in [0.05, 0.1) is 0 Å². The van der Waals surface area contributed by atoms with Gasteiger partial charge < -0.3 is 14.8 Å². The first-order valence-electron chi connectivity index (χ1n) is 5.33. The SMILES string of the molecule is O=S(=O)([O-])C(O)C1(O)CC(c2ccc(F)cc2)C1.[Na+]. The van der Waals surface area contributed by atoms with Gasteiger partial charge in [-0.15, -0.1) is 0 Å². The molecule has 8 heteroatoms. The summed E-state index contributed by atoms with van der Waals surface area (Å²) in [5.74, 6) is -0.581. The maximum atomic E-state index is 12.7. The minimum absolute atomic E-state index is 0. The molecule has 1 unspecified atom stereocenters. The van der Waals surface area contributed by atoms with Crippen LogP contribution in [0.15, 0.2) is 24.3 Å². The molecule has 2 rings (SSSR count). The van der Waals surface area contributed by atoms with E-state index in [1.54, 1.807) is 0 Å². The number of aliphatic hydroxyl groups is 2. The Morgan fingerprint density at radius 2 is 1.79 bits per heavy atom. The van der Waals surface area contributed by atoms with Crippen LogP contribution in [0.4, 0.5) is 4.39 Å². The molecule has 1 aromatic rings. The molecule has 0 bridgehead atoms. The van der Waals surface area contributed by atoms with Crippen LogP contribution in [0, 0.1) is 5.82 Å². The summed E-state index contributed by atoms with van der Waals surface area (Å²) in [6.45, 7) is 0. The van der Waals surface area contributed by atoms with Crippen molar-refractivity contribution in [1.29, 1.82) is 0 Å². The molecule has 0 aliphatic heterocycles. The fourth-order valence-electron chi connectivity index (χ4n) is 2.23. The molecule has 5 nitrogen and oxygen atoms in total. The number of hydrogen-bond donors (Lipinski definition) is 2. The predicted octanol–water partition coefficient (Wildman–Crippen LogP) is -2.70. The van der Waals surface area contributed by atoms with Crippen molar-refractivity contribution < 1.29 is 57.1 Å². The molecule has 100 valence electrons. The molecule has 0 radical (unpaired) electrons. The zero-order valence-corrected chi connectivity index (χ0v) is 13.1. The Labute approximate surface area is 132 Å². The Kier molecular flexibility index (Phi) is 5.17. The van der Waals surface area contributed by atoms with Gasteiger partial charge in [0.25, 0.3) is 0 Å². The van der Waals surface area contributed by atoms with Crippen LogP contribution in [-0.4, -0.2) is 34.2 Å². The molecule has 1 fully saturated rings. The van der Waals surface area contributed by atoms with Gasteiger partial charge in [-0.25, -0.2) is 12.8 Å². The van der Waals surface area contributed by atoms with E-state index in [4.69, 9.17) is 0 Å². The largest absolute Gasteiger partial charge is 1.00 e. The number of aliphatic hydroxyl groups excluding tert-OH is 1. The van der Waals surface area contributed by atoms with E-state index in [-0.39, 0.29) is 48.3 Å². The molecule has 1 aromatic carbocycles. The quantitative estimate of drug-likeness (QED) is 0.467. The minimum atomic E-state index is -4.94. The molecule has 0 heterocycles. The third-order valence-electron chi connectivity index (χ3n) is 3.27. The molecule has 1 atom stereocenters. The van der Waals surface area contributed by atoms with Gasteiger partial charge in [0, 0.05) is 0 Å². The molecule has 0 saturated heterocycles. The smallest absolute Gasteiger partial charge is 0.746 e. The molecule has 2 N–H and O–H groups in total. The van der Waals surface area contributed by atoms with Crippen LogP contribution in [0.5, 0.6) is 0 Å². The van der Waals surface area contributed by atoms with E-state index in [0.717, 1.165) is 5.56 Å². The summed E-state index contributed by atoms with van der Waals surface area (Å²) >= 11 is 0. The van der Waals surface area contributed by atoms with Crippen molar-refractivity contribution in [3.8, 4) is 0 Å². The van der Waals surface area contributed by atoms with Gasteiger partial charge in [-0.05, 0) is 36.5 Å². The Morgan fingerprint density at radius 1 is 1.32 bits per heavy atom. The Hall–Kier alpha value is -0.0200. The first kappa shape index (κ1) is 17.0. The normalized spacial score (nSPS) is 28.1. The Morgan fingerprint density at radius 3 is 2.21 bits per heavy atom. The van der Waals surface area contributed by atoms with Crippen molar-refractivity contribution in [3.63, 3.8) is 0 Å². The molecule has 0 amide bonds. The zero-order chi connectivity index (χ0) is 13.6. The Balaban J connectivity index is 0.00000180. The maximum absolute atomic E-state index is 12.7. The standard InChI is InChI=1S/C11H13FO5S.Na/c12-9-3-1-7(2-4-9)8-5-11(14,6-8)10(13)18(15,16)17;/h1-4,8,10,13-14H,5-6H2,(H,15,16,17);/q;+1/p-1. The van der Waals surface area contributed by atoms with Gasteiger partial charge in [0.1, 0.15) is 21.5 Å². The van der Waals surface area contributed by atoms with Gasteiger partial charge in [-0.1, -0.05) is 12.1 Å². The monoisotopic (exact) mass is 298 g/mol. The van der Waals surface area contributed by atoms with Crippen molar-refractivity contribution in [2.24, 2.45) is 0 Å². The fourth-order valence-corrected chi connectivity index (χ4v) is 2.96. The van der Waals surface area contributed by atoms with Crippen LogP contribution in [-0.2, 0) is 10.1 Å². The van der Waals surface area contributed by atoms with Crippen LogP contribution >= 0.6 is 0 Å². The van der Waals surface area contributed by atoms with Crippen LogP contribution in [0.3, 0.4) is 0 Å². The van der Waals surface area contributed by atoms with Crippen molar-refractivity contribution in [3.05, 3.63) is 35.6 Å². The second-order valence-electron chi connectivity index (χ2n) is 4.61. The van der Waals surface area contributed by atoms with E-state index in [9.17, 15) is 27.6 Å². The number of hydrogen-bond acceptors (Lipinski definition) is 5. The molecular formula is C11H12FNaO5S. The van der Waals surface area contributed by atoms with E-state index in [1.807, 2.05) is 0 Å². The third kappa shape index (κ3) is 3.55. The van der Waals surface area contributed by atoms with Crippen molar-refractivity contribution in [1.82, 2.24) is 0 Å². The summed E-state index contributed by atoms with van der Waals surface area (Å²) in [6.07, 6.45) is -0.0808. The molecule has 1 aliphatic rings. The average Bonchev–Trinajstić information content (AvgIpc) is 2.24. The van der Waals surface area contributed by atoms with E-state index < -0.39 is 27.0 Å². The third-order valence-corrected chi connectivity index (χ3v) is 4.26. The summed E-state index contributed by atoms with van der Waals surface area (Å²) in [4.78, 5) is 0. The summed E-state index contributed by atoms with van der Waals surface area (Å²) in [5.41, 5.74) is -3.49. The zero-order valence-electron chi connectivity index (χ0n) is 10.3. The van der Waals surface area contributed by atoms with Crippen LogP contribution in [0.1, 0.15) is 24.3 Å². The molecular weight excluding hydrogens is 286 g/mol. The topological polar surface area (TPSA) is 97.7 Å². The summed E-state index contributed by atoms with van der Waals surface area (Å²) < 4.78 is 44.6. The Bertz CT molecular complexity index is 539. The first-order chi connectivity index (χ1) is 8.22. The molecule has 0 spiro atoms. The van der Waals surface area contributed by atoms with Crippen LogP contribution < -0.4 is 29.6 Å². The molecule has 19 heavy (non-hydrogen) atoms. The van der Waals surface area contributed by atoms with Crippen molar-refractivity contribution in [2.75, 3.05) is 0 Å².